The number of likely N-dealkylation sites (N-methyl/N-ethyl adjacent to an activating group) is 1. The summed E-state index contributed by atoms with van der Waals surface area (Å²) in [6, 6.07) is 10.1. The van der Waals surface area contributed by atoms with E-state index in [1.54, 1.807) is 10.9 Å². The standard InChI is InChI=1S/C20H28N4O2/c1-21-19(17-14-22-23(2)15-17)20(25)24-11-8-18(9-12-24)26-13-10-16-6-4-3-5-7-16/h3-7,14-15,18-19,21H,8-13H2,1-2H3. The minimum absolute atomic E-state index is 0.114. The Labute approximate surface area is 155 Å². The van der Waals surface area contributed by atoms with E-state index >= 15 is 0 Å². The van der Waals surface area contributed by atoms with Crippen LogP contribution in [0.25, 0.3) is 0 Å². The largest absolute Gasteiger partial charge is 0.378 e. The van der Waals surface area contributed by atoms with Gasteiger partial charge in [-0.15, -0.1) is 0 Å². The molecule has 0 radical (unpaired) electrons. The van der Waals surface area contributed by atoms with Gasteiger partial charge in [0.2, 0.25) is 5.91 Å². The summed E-state index contributed by atoms with van der Waals surface area (Å²) in [5.41, 5.74) is 2.20. The molecule has 2 heterocycles. The first-order chi connectivity index (χ1) is 12.7. The summed E-state index contributed by atoms with van der Waals surface area (Å²) in [5.74, 6) is 0.114. The second kappa shape index (κ2) is 8.96. The Hall–Kier alpha value is -2.18. The molecule has 26 heavy (non-hydrogen) atoms. The van der Waals surface area contributed by atoms with E-state index in [1.807, 2.05) is 31.3 Å². The lowest BCUT2D eigenvalue weighted by Gasteiger charge is -2.34. The van der Waals surface area contributed by atoms with Crippen molar-refractivity contribution in [3.63, 3.8) is 0 Å². The summed E-state index contributed by atoms with van der Waals surface area (Å²) in [6.07, 6.45) is 6.60. The van der Waals surface area contributed by atoms with Gasteiger partial charge in [0.25, 0.3) is 0 Å². The zero-order valence-corrected chi connectivity index (χ0v) is 15.6. The van der Waals surface area contributed by atoms with Crippen molar-refractivity contribution in [1.82, 2.24) is 20.0 Å². The van der Waals surface area contributed by atoms with Gasteiger partial charge in [-0.3, -0.25) is 9.48 Å². The smallest absolute Gasteiger partial charge is 0.244 e. The number of hydrogen-bond donors (Lipinski definition) is 1. The van der Waals surface area contributed by atoms with Gasteiger partial charge in [0.1, 0.15) is 6.04 Å². The number of rotatable bonds is 7. The molecule has 1 aliphatic heterocycles. The zero-order chi connectivity index (χ0) is 18.4. The van der Waals surface area contributed by atoms with E-state index in [9.17, 15) is 4.79 Å². The Morgan fingerprint density at radius 1 is 1.31 bits per heavy atom. The lowest BCUT2D eigenvalue weighted by Crippen LogP contribution is -2.45. The molecule has 2 aromatic rings. The van der Waals surface area contributed by atoms with Crippen molar-refractivity contribution >= 4 is 5.91 Å². The zero-order valence-electron chi connectivity index (χ0n) is 15.6. The van der Waals surface area contributed by atoms with E-state index in [1.165, 1.54) is 5.56 Å². The number of amides is 1. The molecule has 1 aromatic carbocycles. The number of aryl methyl sites for hydroxylation is 1. The molecule has 0 spiro atoms. The Kier molecular flexibility index (Phi) is 6.41. The van der Waals surface area contributed by atoms with Gasteiger partial charge in [0.05, 0.1) is 18.9 Å². The molecule has 6 heteroatoms. The average Bonchev–Trinajstić information content (AvgIpc) is 3.10. The molecule has 1 atom stereocenters. The Bertz CT molecular complexity index is 693. The number of piperidine rings is 1. The molecular weight excluding hydrogens is 328 g/mol. The van der Waals surface area contributed by atoms with E-state index in [2.05, 4.69) is 34.7 Å². The van der Waals surface area contributed by atoms with Crippen molar-refractivity contribution in [2.45, 2.75) is 31.4 Å². The highest BCUT2D eigenvalue weighted by atomic mass is 16.5. The van der Waals surface area contributed by atoms with Gasteiger partial charge in [-0.1, -0.05) is 30.3 Å². The summed E-state index contributed by atoms with van der Waals surface area (Å²) in [5, 5.41) is 7.29. The van der Waals surface area contributed by atoms with E-state index < -0.39 is 0 Å². The lowest BCUT2D eigenvalue weighted by atomic mass is 10.0. The van der Waals surface area contributed by atoms with Crippen LogP contribution in [0.1, 0.15) is 30.0 Å². The first kappa shape index (κ1) is 18.6. The van der Waals surface area contributed by atoms with Crippen LogP contribution < -0.4 is 5.32 Å². The predicted molar refractivity (Wildman–Crippen MR) is 101 cm³/mol. The second-order valence-corrected chi connectivity index (χ2v) is 6.80. The van der Waals surface area contributed by atoms with E-state index in [0.717, 1.165) is 44.5 Å². The van der Waals surface area contributed by atoms with Gasteiger partial charge < -0.3 is 15.0 Å². The Balaban J connectivity index is 1.44. The first-order valence-corrected chi connectivity index (χ1v) is 9.27. The van der Waals surface area contributed by atoms with Crippen molar-refractivity contribution in [1.29, 1.82) is 0 Å². The lowest BCUT2D eigenvalue weighted by molar-refractivity contribution is -0.136. The number of ether oxygens (including phenoxy) is 1. The van der Waals surface area contributed by atoms with Crippen LogP contribution in [0.2, 0.25) is 0 Å². The molecule has 1 amide bonds. The van der Waals surface area contributed by atoms with Crippen molar-refractivity contribution in [2.75, 3.05) is 26.7 Å². The number of carbonyl (C=O) groups excluding carboxylic acids is 1. The average molecular weight is 356 g/mol. The SMILES string of the molecule is CNC(C(=O)N1CCC(OCCc2ccccc2)CC1)c1cnn(C)c1. The molecule has 3 rings (SSSR count). The van der Waals surface area contributed by atoms with Crippen molar-refractivity contribution < 1.29 is 9.53 Å². The number of nitrogens with one attached hydrogen (secondary N) is 1. The Morgan fingerprint density at radius 2 is 2.04 bits per heavy atom. The number of benzene rings is 1. The van der Waals surface area contributed by atoms with Crippen LogP contribution in [0, 0.1) is 0 Å². The molecule has 0 aliphatic carbocycles. The highest BCUT2D eigenvalue weighted by Gasteiger charge is 2.29. The normalized spacial score (nSPS) is 16.6. The number of hydrogen-bond acceptors (Lipinski definition) is 4. The molecule has 1 saturated heterocycles. The van der Waals surface area contributed by atoms with Crippen LogP contribution in [-0.2, 0) is 23.0 Å². The third-order valence-electron chi connectivity index (χ3n) is 4.93. The summed E-state index contributed by atoms with van der Waals surface area (Å²) in [4.78, 5) is 14.8. The number of carbonyl (C=O) groups is 1. The van der Waals surface area contributed by atoms with Crippen LogP contribution in [0.15, 0.2) is 42.7 Å². The molecule has 6 nitrogen and oxygen atoms in total. The molecule has 0 bridgehead atoms. The van der Waals surface area contributed by atoms with Gasteiger partial charge in [-0.2, -0.15) is 5.10 Å². The summed E-state index contributed by atoms with van der Waals surface area (Å²) in [7, 11) is 3.67. The quantitative estimate of drug-likeness (QED) is 0.824. The van der Waals surface area contributed by atoms with Crippen molar-refractivity contribution in [3.8, 4) is 0 Å². The van der Waals surface area contributed by atoms with Gasteiger partial charge in [0, 0.05) is 31.9 Å². The highest BCUT2D eigenvalue weighted by Crippen LogP contribution is 2.20. The fourth-order valence-electron chi connectivity index (χ4n) is 3.44. The van der Waals surface area contributed by atoms with E-state index in [4.69, 9.17) is 4.74 Å². The maximum Gasteiger partial charge on any atom is 0.244 e. The van der Waals surface area contributed by atoms with Crippen LogP contribution in [0.5, 0.6) is 0 Å². The summed E-state index contributed by atoms with van der Waals surface area (Å²) in [6.45, 7) is 2.22. The van der Waals surface area contributed by atoms with Gasteiger partial charge in [-0.05, 0) is 31.9 Å². The number of nitrogens with zero attached hydrogens (tertiary/aromatic N) is 3. The third kappa shape index (κ3) is 4.71. The third-order valence-corrected chi connectivity index (χ3v) is 4.93. The number of likely N-dealkylation sites (tertiary alicyclic amines) is 1. The molecule has 0 saturated carbocycles. The molecule has 1 fully saturated rings. The maximum atomic E-state index is 12.8. The fourth-order valence-corrected chi connectivity index (χ4v) is 3.44. The maximum absolute atomic E-state index is 12.8. The second-order valence-electron chi connectivity index (χ2n) is 6.80. The van der Waals surface area contributed by atoms with Crippen LogP contribution >= 0.6 is 0 Å². The first-order valence-electron chi connectivity index (χ1n) is 9.27. The van der Waals surface area contributed by atoms with Crippen LogP contribution in [0.4, 0.5) is 0 Å². The highest BCUT2D eigenvalue weighted by molar-refractivity contribution is 5.83. The van der Waals surface area contributed by atoms with E-state index in [0.29, 0.717) is 0 Å². The topological polar surface area (TPSA) is 59.4 Å². The predicted octanol–water partition coefficient (Wildman–Crippen LogP) is 1.93. The van der Waals surface area contributed by atoms with Crippen LogP contribution in [-0.4, -0.2) is 53.4 Å². The molecule has 1 unspecified atom stereocenters. The molecular formula is C20H28N4O2. The summed E-state index contributed by atoms with van der Waals surface area (Å²) < 4.78 is 7.74. The minimum atomic E-state index is -0.334. The Morgan fingerprint density at radius 3 is 2.65 bits per heavy atom. The van der Waals surface area contributed by atoms with Gasteiger partial charge >= 0.3 is 0 Å². The summed E-state index contributed by atoms with van der Waals surface area (Å²) >= 11 is 0. The van der Waals surface area contributed by atoms with E-state index in [-0.39, 0.29) is 18.1 Å². The number of aromatic nitrogens is 2. The fraction of sp³-hybridized carbons (Fsp3) is 0.500. The van der Waals surface area contributed by atoms with Crippen molar-refractivity contribution in [3.05, 3.63) is 53.9 Å². The molecule has 1 aliphatic rings. The molecule has 1 aromatic heterocycles. The van der Waals surface area contributed by atoms with Crippen molar-refractivity contribution in [2.24, 2.45) is 7.05 Å². The van der Waals surface area contributed by atoms with Crippen LogP contribution in [0.3, 0.4) is 0 Å². The minimum Gasteiger partial charge on any atom is -0.378 e. The van der Waals surface area contributed by atoms with Gasteiger partial charge in [-0.25, -0.2) is 0 Å². The monoisotopic (exact) mass is 356 g/mol. The molecule has 140 valence electrons. The molecule has 1 N–H and O–H groups in total. The van der Waals surface area contributed by atoms with Gasteiger partial charge in [0.15, 0.2) is 0 Å².